The third-order valence-electron chi connectivity index (χ3n) is 4.54. The lowest BCUT2D eigenvalue weighted by Crippen LogP contribution is -2.43. The summed E-state index contributed by atoms with van der Waals surface area (Å²) in [4.78, 5) is 27.2. The van der Waals surface area contributed by atoms with E-state index in [4.69, 9.17) is 4.74 Å². The number of methoxy groups -OCH3 is 1. The molecule has 22 heavy (non-hydrogen) atoms. The lowest BCUT2D eigenvalue weighted by atomic mass is 10.1. The Balaban J connectivity index is 1.95. The predicted octanol–water partition coefficient (Wildman–Crippen LogP) is 1.59. The van der Waals surface area contributed by atoms with Gasteiger partial charge in [-0.1, -0.05) is 0 Å². The average Bonchev–Trinajstić information content (AvgIpc) is 3.10. The van der Waals surface area contributed by atoms with E-state index in [0.29, 0.717) is 18.7 Å². The molecule has 118 valence electrons. The average molecular weight is 305 g/mol. The molecule has 0 aromatic heterocycles. The number of rotatable bonds is 3. The standard InChI is InChI=1S/C15H19N3O4/c1-16-6-3-4-11(16)15(19)17-7-5-10-8-14(22-2)13(18(20)21)9-12(10)17/h8-9,11H,3-7H2,1-2H3/t11-/m1/s1. The summed E-state index contributed by atoms with van der Waals surface area (Å²) in [6, 6.07) is 3.03. The van der Waals surface area contributed by atoms with Gasteiger partial charge in [-0.05, 0) is 44.5 Å². The van der Waals surface area contributed by atoms with Crippen LogP contribution in [0.15, 0.2) is 12.1 Å². The number of carbonyl (C=O) groups is 1. The van der Waals surface area contributed by atoms with E-state index in [-0.39, 0.29) is 23.4 Å². The number of likely N-dealkylation sites (tertiary alicyclic amines) is 1. The van der Waals surface area contributed by atoms with Gasteiger partial charge in [0.25, 0.3) is 0 Å². The second kappa shape index (κ2) is 5.57. The Labute approximate surface area is 128 Å². The van der Waals surface area contributed by atoms with Crippen LogP contribution in [0.2, 0.25) is 0 Å². The van der Waals surface area contributed by atoms with Crippen LogP contribution < -0.4 is 9.64 Å². The van der Waals surface area contributed by atoms with Gasteiger partial charge < -0.3 is 9.64 Å². The molecule has 1 amide bonds. The third-order valence-corrected chi connectivity index (χ3v) is 4.54. The largest absolute Gasteiger partial charge is 0.490 e. The van der Waals surface area contributed by atoms with Crippen molar-refractivity contribution in [3.05, 3.63) is 27.8 Å². The minimum Gasteiger partial charge on any atom is -0.490 e. The van der Waals surface area contributed by atoms with Gasteiger partial charge in [0.05, 0.1) is 23.8 Å². The molecular formula is C15H19N3O4. The minimum absolute atomic E-state index is 0.0400. The number of nitro benzene ring substituents is 1. The first-order valence-electron chi connectivity index (χ1n) is 7.40. The van der Waals surface area contributed by atoms with E-state index in [1.54, 1.807) is 11.0 Å². The molecule has 7 nitrogen and oxygen atoms in total. The Morgan fingerprint density at radius 3 is 2.77 bits per heavy atom. The zero-order chi connectivity index (χ0) is 15.9. The number of carbonyl (C=O) groups excluding carboxylic acids is 1. The zero-order valence-electron chi connectivity index (χ0n) is 12.7. The van der Waals surface area contributed by atoms with Crippen LogP contribution in [0.5, 0.6) is 5.75 Å². The quantitative estimate of drug-likeness (QED) is 0.626. The molecule has 0 bridgehead atoms. The number of hydrogen-bond donors (Lipinski definition) is 0. The van der Waals surface area contributed by atoms with Crippen molar-refractivity contribution in [2.24, 2.45) is 0 Å². The molecule has 0 spiro atoms. The van der Waals surface area contributed by atoms with Crippen molar-refractivity contribution >= 4 is 17.3 Å². The molecule has 1 fully saturated rings. The van der Waals surface area contributed by atoms with Gasteiger partial charge in [-0.2, -0.15) is 0 Å². The first-order chi connectivity index (χ1) is 10.5. The molecule has 3 rings (SSSR count). The molecule has 0 saturated carbocycles. The Kier molecular flexibility index (Phi) is 3.74. The van der Waals surface area contributed by atoms with Crippen molar-refractivity contribution in [2.75, 3.05) is 32.1 Å². The highest BCUT2D eigenvalue weighted by Crippen LogP contribution is 2.39. The number of amides is 1. The van der Waals surface area contributed by atoms with Crippen LogP contribution in [0.3, 0.4) is 0 Å². The van der Waals surface area contributed by atoms with E-state index in [2.05, 4.69) is 4.90 Å². The second-order valence-electron chi connectivity index (χ2n) is 5.79. The van der Waals surface area contributed by atoms with Crippen molar-refractivity contribution in [3.8, 4) is 5.75 Å². The molecule has 0 radical (unpaired) electrons. The van der Waals surface area contributed by atoms with Crippen molar-refractivity contribution in [3.63, 3.8) is 0 Å². The molecule has 0 aliphatic carbocycles. The lowest BCUT2D eigenvalue weighted by molar-refractivity contribution is -0.385. The molecule has 1 aromatic carbocycles. The monoisotopic (exact) mass is 305 g/mol. The summed E-state index contributed by atoms with van der Waals surface area (Å²) in [5.41, 5.74) is 1.48. The van der Waals surface area contributed by atoms with Gasteiger partial charge in [0.2, 0.25) is 5.91 Å². The van der Waals surface area contributed by atoms with E-state index in [1.807, 2.05) is 7.05 Å². The van der Waals surface area contributed by atoms with Crippen LogP contribution in [0.4, 0.5) is 11.4 Å². The molecule has 2 heterocycles. The maximum absolute atomic E-state index is 12.7. The Morgan fingerprint density at radius 1 is 1.41 bits per heavy atom. The van der Waals surface area contributed by atoms with Gasteiger partial charge in [-0.3, -0.25) is 19.8 Å². The summed E-state index contributed by atoms with van der Waals surface area (Å²) in [5, 5.41) is 11.2. The van der Waals surface area contributed by atoms with Gasteiger partial charge in [0, 0.05) is 12.6 Å². The summed E-state index contributed by atoms with van der Waals surface area (Å²) < 4.78 is 5.09. The minimum atomic E-state index is -0.470. The van der Waals surface area contributed by atoms with Crippen LogP contribution in [-0.2, 0) is 11.2 Å². The summed E-state index contributed by atoms with van der Waals surface area (Å²) in [6.07, 6.45) is 2.56. The fraction of sp³-hybridized carbons (Fsp3) is 0.533. The lowest BCUT2D eigenvalue weighted by Gasteiger charge is -2.25. The number of nitro groups is 1. The van der Waals surface area contributed by atoms with Gasteiger partial charge in [-0.15, -0.1) is 0 Å². The Hall–Kier alpha value is -2.15. The number of benzene rings is 1. The Bertz CT molecular complexity index is 631. The number of likely N-dealkylation sites (N-methyl/N-ethyl adjacent to an activating group) is 1. The molecular weight excluding hydrogens is 286 g/mol. The van der Waals surface area contributed by atoms with Gasteiger partial charge >= 0.3 is 5.69 Å². The van der Waals surface area contributed by atoms with E-state index >= 15 is 0 Å². The second-order valence-corrected chi connectivity index (χ2v) is 5.79. The highest BCUT2D eigenvalue weighted by molar-refractivity contribution is 5.99. The van der Waals surface area contributed by atoms with E-state index in [9.17, 15) is 14.9 Å². The van der Waals surface area contributed by atoms with E-state index in [1.165, 1.54) is 13.2 Å². The molecule has 1 saturated heterocycles. The fourth-order valence-electron chi connectivity index (χ4n) is 3.34. The van der Waals surface area contributed by atoms with E-state index < -0.39 is 4.92 Å². The van der Waals surface area contributed by atoms with Gasteiger partial charge in [0.1, 0.15) is 0 Å². The van der Waals surface area contributed by atoms with Crippen LogP contribution in [0, 0.1) is 10.1 Å². The number of hydrogen-bond acceptors (Lipinski definition) is 5. The topological polar surface area (TPSA) is 75.9 Å². The molecule has 1 atom stereocenters. The van der Waals surface area contributed by atoms with Crippen molar-refractivity contribution in [1.82, 2.24) is 4.90 Å². The normalized spacial score (nSPS) is 21.0. The first-order valence-corrected chi connectivity index (χ1v) is 7.40. The van der Waals surface area contributed by atoms with Gasteiger partial charge in [-0.25, -0.2) is 0 Å². The summed E-state index contributed by atoms with van der Waals surface area (Å²) in [5.74, 6) is 0.286. The Morgan fingerprint density at radius 2 is 2.18 bits per heavy atom. The van der Waals surface area contributed by atoms with Crippen LogP contribution in [0.25, 0.3) is 0 Å². The number of nitrogens with zero attached hydrogens (tertiary/aromatic N) is 3. The molecule has 0 unspecified atom stereocenters. The molecule has 0 N–H and O–H groups in total. The number of ether oxygens (including phenoxy) is 1. The summed E-state index contributed by atoms with van der Waals surface area (Å²) >= 11 is 0. The van der Waals surface area contributed by atoms with Gasteiger partial charge in [0.15, 0.2) is 5.75 Å². The molecule has 2 aliphatic rings. The van der Waals surface area contributed by atoms with Crippen LogP contribution >= 0.6 is 0 Å². The zero-order valence-corrected chi connectivity index (χ0v) is 12.7. The van der Waals surface area contributed by atoms with E-state index in [0.717, 1.165) is 24.9 Å². The SMILES string of the molecule is COc1cc2c(cc1[N+](=O)[O-])N(C(=O)[C@H]1CCCN1C)CC2. The number of anilines is 1. The van der Waals surface area contributed by atoms with Crippen molar-refractivity contribution in [1.29, 1.82) is 0 Å². The highest BCUT2D eigenvalue weighted by atomic mass is 16.6. The molecule has 1 aromatic rings. The summed E-state index contributed by atoms with van der Waals surface area (Å²) in [7, 11) is 3.36. The first kappa shape index (κ1) is 14.8. The third kappa shape index (κ3) is 2.31. The molecule has 7 heteroatoms. The maximum Gasteiger partial charge on any atom is 0.313 e. The van der Waals surface area contributed by atoms with Crippen molar-refractivity contribution in [2.45, 2.75) is 25.3 Å². The fourth-order valence-corrected chi connectivity index (χ4v) is 3.34. The van der Waals surface area contributed by atoms with Crippen LogP contribution in [0.1, 0.15) is 18.4 Å². The van der Waals surface area contributed by atoms with Crippen molar-refractivity contribution < 1.29 is 14.5 Å². The number of fused-ring (bicyclic) bond motifs is 1. The summed E-state index contributed by atoms with van der Waals surface area (Å²) in [6.45, 7) is 1.49. The smallest absolute Gasteiger partial charge is 0.313 e. The molecule has 2 aliphatic heterocycles. The highest BCUT2D eigenvalue weighted by Gasteiger charge is 2.36. The maximum atomic E-state index is 12.7. The predicted molar refractivity (Wildman–Crippen MR) is 81.4 cm³/mol. The van der Waals surface area contributed by atoms with Crippen LogP contribution in [-0.4, -0.2) is 49.0 Å².